The van der Waals surface area contributed by atoms with Crippen LogP contribution in [0.3, 0.4) is 0 Å². The summed E-state index contributed by atoms with van der Waals surface area (Å²) in [6.45, 7) is 0. The first-order chi connectivity index (χ1) is 32.5. The van der Waals surface area contributed by atoms with Gasteiger partial charge in [-0.1, -0.05) is 70.7 Å². The van der Waals surface area contributed by atoms with Crippen LogP contribution in [-0.4, -0.2) is 67.7 Å². The fourth-order valence-corrected chi connectivity index (χ4v) is 9.02. The Hall–Kier alpha value is -5.45. The van der Waals surface area contributed by atoms with Crippen molar-refractivity contribution in [3.05, 3.63) is 163 Å². The first-order valence-corrected chi connectivity index (χ1v) is 27.6. The number of alkyl halides is 6. The molecule has 2 aromatic heterocycles. The predicted molar refractivity (Wildman–Crippen MR) is 256 cm³/mol. The zero-order chi connectivity index (χ0) is 53.7. The summed E-state index contributed by atoms with van der Waals surface area (Å²) in [6, 6.07) is 17.7. The van der Waals surface area contributed by atoms with Crippen LogP contribution in [0.15, 0.2) is 119 Å². The van der Waals surface area contributed by atoms with Gasteiger partial charge in [0, 0.05) is 39.9 Å². The lowest BCUT2D eigenvalue weighted by atomic mass is 10.0. The van der Waals surface area contributed by atoms with Crippen LogP contribution in [0.1, 0.15) is 43.2 Å². The van der Waals surface area contributed by atoms with Gasteiger partial charge in [-0.05, 0) is 72.8 Å². The largest absolute Gasteiger partial charge is 0.417 e. The average molecular weight is 1170 g/mol. The van der Waals surface area contributed by atoms with Crippen LogP contribution >= 0.6 is 57.1 Å². The number of pyridine rings is 2. The number of aromatic nitrogens is 2. The van der Waals surface area contributed by atoms with Gasteiger partial charge in [0.1, 0.15) is 11.4 Å². The number of carbonyl (C=O) groups excluding carboxylic acids is 2. The van der Waals surface area contributed by atoms with Crippen LogP contribution in [0.2, 0.25) is 20.1 Å². The maximum absolute atomic E-state index is 13.2. The van der Waals surface area contributed by atoms with E-state index < -0.39 is 105 Å². The molecule has 2 heterocycles. The van der Waals surface area contributed by atoms with Crippen molar-refractivity contribution >= 4 is 131 Å². The minimum Gasteiger partial charge on any atom is -0.398 e. The Balaban J connectivity index is 0.000000283. The standard InChI is InChI=1S/C20H14Cl2F3N3O5S2.C19H12Cl2F3N3O3S.CH3ClO2S/c1-34(30,31)27-16-5-3-2-4-13(16)19(29)18-17(8-11(21)10-26-18)28-35(32,33)12-6-7-15(22)14(9-12)20(23,24)25;20-10-7-16(17(26-9-10)18(28)12-3-1-2-4-15(12)25)27-31(29,30)11-5-6-14(21)13(8-11)19(22,23)24;1-5(2,3)4/h2-10,27-28H,1H3;1-9,27H,25H2;1H3. The number of para-hydroxylation sites is 2. The molecule has 0 aliphatic heterocycles. The molecule has 16 nitrogen and oxygen atoms in total. The van der Waals surface area contributed by atoms with E-state index in [0.29, 0.717) is 12.1 Å². The van der Waals surface area contributed by atoms with Crippen molar-refractivity contribution in [3.8, 4) is 0 Å². The molecule has 0 aliphatic carbocycles. The Morgan fingerprint density at radius 2 is 0.901 bits per heavy atom. The Morgan fingerprint density at radius 3 is 1.28 bits per heavy atom. The van der Waals surface area contributed by atoms with Crippen LogP contribution in [0.25, 0.3) is 0 Å². The normalized spacial score (nSPS) is 12.1. The van der Waals surface area contributed by atoms with Crippen molar-refractivity contribution in [2.24, 2.45) is 0 Å². The van der Waals surface area contributed by atoms with Gasteiger partial charge in [0.15, 0.2) is 0 Å². The van der Waals surface area contributed by atoms with Gasteiger partial charge in [-0.25, -0.2) is 43.6 Å². The number of anilines is 4. The minimum absolute atomic E-state index is 0.0117. The lowest BCUT2D eigenvalue weighted by Crippen LogP contribution is -2.19. The van der Waals surface area contributed by atoms with E-state index in [-0.39, 0.29) is 43.9 Å². The molecule has 0 fully saturated rings. The smallest absolute Gasteiger partial charge is 0.398 e. The first-order valence-electron chi connectivity index (χ1n) is 18.5. The number of halogens is 11. The van der Waals surface area contributed by atoms with Crippen molar-refractivity contribution in [3.63, 3.8) is 0 Å². The molecular weight excluding hydrogens is 1140 g/mol. The fourth-order valence-electron chi connectivity index (χ4n) is 5.51. The molecule has 0 saturated heterocycles. The summed E-state index contributed by atoms with van der Waals surface area (Å²) in [5, 5.41) is -1.46. The molecule has 0 saturated carbocycles. The molecule has 0 bridgehead atoms. The Morgan fingerprint density at radius 1 is 0.535 bits per heavy atom. The molecule has 71 heavy (non-hydrogen) atoms. The van der Waals surface area contributed by atoms with Crippen molar-refractivity contribution in [2.45, 2.75) is 22.1 Å². The van der Waals surface area contributed by atoms with E-state index in [4.69, 9.17) is 52.1 Å². The number of rotatable bonds is 12. The molecule has 0 spiro atoms. The summed E-state index contributed by atoms with van der Waals surface area (Å²) in [4.78, 5) is 32.3. The number of nitrogens with two attached hydrogens (primary N) is 1. The Bertz CT molecular complexity index is 3500. The molecule has 380 valence electrons. The van der Waals surface area contributed by atoms with Gasteiger partial charge < -0.3 is 5.73 Å². The highest BCUT2D eigenvalue weighted by Crippen LogP contribution is 2.38. The summed E-state index contributed by atoms with van der Waals surface area (Å²) in [5.41, 5.74) is 1.43. The fraction of sp³-hybridized carbons (Fsp3) is 0.100. The summed E-state index contributed by atoms with van der Waals surface area (Å²) in [6.07, 6.45) is -5.83. The lowest BCUT2D eigenvalue weighted by molar-refractivity contribution is -0.138. The maximum Gasteiger partial charge on any atom is 0.417 e. The van der Waals surface area contributed by atoms with E-state index in [2.05, 4.69) is 30.1 Å². The van der Waals surface area contributed by atoms with E-state index in [1.165, 1.54) is 36.4 Å². The van der Waals surface area contributed by atoms with Crippen LogP contribution in [0.4, 0.5) is 49.1 Å². The number of hydrogen-bond donors (Lipinski definition) is 4. The molecule has 0 amide bonds. The van der Waals surface area contributed by atoms with E-state index in [9.17, 15) is 69.6 Å². The van der Waals surface area contributed by atoms with Gasteiger partial charge in [-0.2, -0.15) is 26.3 Å². The van der Waals surface area contributed by atoms with E-state index in [1.807, 2.05) is 4.72 Å². The third kappa shape index (κ3) is 16.5. The highest BCUT2D eigenvalue weighted by atomic mass is 35.7. The highest BCUT2D eigenvalue weighted by Gasteiger charge is 2.36. The van der Waals surface area contributed by atoms with Gasteiger partial charge in [0.05, 0.1) is 70.6 Å². The molecule has 0 radical (unpaired) electrons. The van der Waals surface area contributed by atoms with E-state index >= 15 is 0 Å². The third-order valence-corrected chi connectivity index (χ3v) is 12.8. The minimum atomic E-state index is -4.92. The van der Waals surface area contributed by atoms with Crippen LogP contribution in [0, 0.1) is 0 Å². The molecule has 0 atom stereocenters. The second kappa shape index (κ2) is 22.5. The van der Waals surface area contributed by atoms with Gasteiger partial charge in [0.2, 0.25) is 30.6 Å². The Labute approximate surface area is 425 Å². The van der Waals surface area contributed by atoms with E-state index in [0.717, 1.165) is 61.3 Å². The maximum atomic E-state index is 13.2. The van der Waals surface area contributed by atoms with Crippen molar-refractivity contribution in [2.75, 3.05) is 32.4 Å². The molecule has 4 aromatic carbocycles. The second-order valence-corrected chi connectivity index (χ2v) is 23.8. The molecule has 6 rings (SSSR count). The number of nitrogens with one attached hydrogen (secondary N) is 3. The zero-order valence-electron chi connectivity index (χ0n) is 35.2. The second-order valence-electron chi connectivity index (χ2n) is 13.9. The first kappa shape index (κ1) is 58.1. The van der Waals surface area contributed by atoms with Crippen molar-refractivity contribution in [1.29, 1.82) is 0 Å². The monoisotopic (exact) mass is 1170 g/mol. The summed E-state index contributed by atoms with van der Waals surface area (Å²) in [7, 11) is -11.7. The van der Waals surface area contributed by atoms with E-state index in [1.54, 1.807) is 12.1 Å². The Kier molecular flexibility index (Phi) is 18.5. The third-order valence-electron chi connectivity index (χ3n) is 8.41. The highest BCUT2D eigenvalue weighted by molar-refractivity contribution is 8.13. The van der Waals surface area contributed by atoms with Crippen LogP contribution in [0.5, 0.6) is 0 Å². The number of carbonyl (C=O) groups is 2. The zero-order valence-corrected chi connectivity index (χ0v) is 42.3. The lowest BCUT2D eigenvalue weighted by Gasteiger charge is -2.15. The molecule has 0 aliphatic rings. The number of ketones is 2. The quantitative estimate of drug-likeness (QED) is 0.0385. The number of sulfonamides is 3. The van der Waals surface area contributed by atoms with Crippen LogP contribution in [-0.2, 0) is 51.5 Å². The topological polar surface area (TPSA) is 259 Å². The summed E-state index contributed by atoms with van der Waals surface area (Å²) < 4.78 is 179. The summed E-state index contributed by atoms with van der Waals surface area (Å²) in [5.74, 6) is -1.60. The molecule has 6 aromatic rings. The van der Waals surface area contributed by atoms with Crippen LogP contribution < -0.4 is 19.9 Å². The van der Waals surface area contributed by atoms with Crippen molar-refractivity contribution < 1.29 is 69.6 Å². The summed E-state index contributed by atoms with van der Waals surface area (Å²) >= 11 is 22.9. The number of benzene rings is 4. The number of hydrogen-bond acceptors (Lipinski definition) is 13. The van der Waals surface area contributed by atoms with Gasteiger partial charge in [0.25, 0.3) is 20.0 Å². The van der Waals surface area contributed by atoms with Gasteiger partial charge in [-0.3, -0.25) is 23.8 Å². The molecule has 0 unspecified atom stereocenters. The molecule has 31 heteroatoms. The molecular formula is C40H29Cl5F6N6O10S4. The predicted octanol–water partition coefficient (Wildman–Crippen LogP) is 10.0. The van der Waals surface area contributed by atoms with Crippen molar-refractivity contribution in [1.82, 2.24) is 9.97 Å². The average Bonchev–Trinajstić information content (AvgIpc) is 3.22. The number of nitrogen functional groups attached to an aromatic ring is 1. The van der Waals surface area contributed by atoms with Gasteiger partial charge >= 0.3 is 12.4 Å². The SMILES string of the molecule is CS(=O)(=O)Cl.CS(=O)(=O)Nc1ccccc1C(=O)c1ncc(Cl)cc1NS(=O)(=O)c1ccc(Cl)c(C(F)(F)F)c1.Nc1ccccc1C(=O)c1ncc(Cl)cc1NS(=O)(=O)c1ccc(Cl)c(C(F)(F)F)c1. The number of nitrogens with zero attached hydrogens (tertiary/aromatic N) is 2. The van der Waals surface area contributed by atoms with Gasteiger partial charge in [-0.15, -0.1) is 0 Å². The molecule has 5 N–H and O–H groups in total.